The Morgan fingerprint density at radius 2 is 1.91 bits per heavy atom. The number of sulfonamides is 1. The first-order valence-corrected chi connectivity index (χ1v) is 13.3. The molecule has 3 aliphatic rings. The van der Waals surface area contributed by atoms with E-state index in [-0.39, 0.29) is 17.5 Å². The van der Waals surface area contributed by atoms with E-state index in [1.165, 1.54) is 17.2 Å². The average molecular weight is 493 g/mol. The van der Waals surface area contributed by atoms with Crippen molar-refractivity contribution in [2.75, 3.05) is 13.1 Å². The first-order chi connectivity index (χ1) is 16.9. The van der Waals surface area contributed by atoms with Crippen LogP contribution in [0.4, 0.5) is 0 Å². The maximum absolute atomic E-state index is 13.0. The summed E-state index contributed by atoms with van der Waals surface area (Å²) in [5.41, 5.74) is 3.70. The Hall–Kier alpha value is -3.46. The van der Waals surface area contributed by atoms with E-state index in [1.54, 1.807) is 24.3 Å². The molecular formula is C26H24N2O6S. The Balaban J connectivity index is 1.20. The molecule has 180 valence electrons. The van der Waals surface area contributed by atoms with E-state index in [9.17, 15) is 18.0 Å². The van der Waals surface area contributed by atoms with Gasteiger partial charge in [-0.15, -0.1) is 4.40 Å². The van der Waals surface area contributed by atoms with Gasteiger partial charge in [-0.2, -0.15) is 8.42 Å². The topological polar surface area (TPSA) is 106 Å². The summed E-state index contributed by atoms with van der Waals surface area (Å²) >= 11 is 0. The fraction of sp³-hybridized carbons (Fsp3) is 0.346. The van der Waals surface area contributed by atoms with Crippen molar-refractivity contribution >= 4 is 32.8 Å². The van der Waals surface area contributed by atoms with E-state index in [0.29, 0.717) is 48.5 Å². The van der Waals surface area contributed by atoms with Crippen LogP contribution in [0.5, 0.6) is 0 Å². The zero-order valence-corrected chi connectivity index (χ0v) is 19.8. The van der Waals surface area contributed by atoms with Crippen LogP contribution >= 0.6 is 0 Å². The van der Waals surface area contributed by atoms with Gasteiger partial charge in [0.05, 0.1) is 5.92 Å². The lowest BCUT2D eigenvalue weighted by Gasteiger charge is -2.32. The molecule has 3 heterocycles. The molecule has 3 aromatic rings. The van der Waals surface area contributed by atoms with E-state index < -0.39 is 21.6 Å². The average Bonchev–Trinajstić information content (AvgIpc) is 3.42. The van der Waals surface area contributed by atoms with Crippen LogP contribution in [0.2, 0.25) is 0 Å². The van der Waals surface area contributed by atoms with Gasteiger partial charge in [-0.1, -0.05) is 12.1 Å². The van der Waals surface area contributed by atoms with Crippen LogP contribution in [0.1, 0.15) is 41.5 Å². The Morgan fingerprint density at radius 1 is 1.11 bits per heavy atom. The summed E-state index contributed by atoms with van der Waals surface area (Å²) in [6.07, 6.45) is 4.40. The molecule has 1 atom stereocenters. The van der Waals surface area contributed by atoms with E-state index in [2.05, 4.69) is 4.40 Å². The molecule has 1 saturated heterocycles. The van der Waals surface area contributed by atoms with Crippen LogP contribution in [-0.4, -0.2) is 38.2 Å². The highest BCUT2D eigenvalue weighted by atomic mass is 32.2. The van der Waals surface area contributed by atoms with Crippen molar-refractivity contribution in [1.82, 2.24) is 4.90 Å². The van der Waals surface area contributed by atoms with Gasteiger partial charge in [0.25, 0.3) is 10.0 Å². The third-order valence-corrected chi connectivity index (χ3v) is 8.40. The van der Waals surface area contributed by atoms with Crippen LogP contribution in [0.3, 0.4) is 0 Å². The first kappa shape index (κ1) is 22.0. The van der Waals surface area contributed by atoms with Gasteiger partial charge < -0.3 is 14.1 Å². The van der Waals surface area contributed by atoms with Crippen molar-refractivity contribution in [3.63, 3.8) is 0 Å². The van der Waals surface area contributed by atoms with Gasteiger partial charge >= 0.3 is 11.6 Å². The standard InChI is InChI=1S/C26H24N2O6S/c29-24-13-19(21-11-16-5-3-6-17(16)12-22(21)34-24)15-33-26(30)18-7-4-10-28(14-18)25-20-8-1-2-9-23(20)35(31,32)27-25/h1-2,8-9,11-13,18H,3-7,10,14-15H2. The molecule has 2 aliphatic heterocycles. The van der Waals surface area contributed by atoms with Crippen molar-refractivity contribution in [3.8, 4) is 0 Å². The molecule has 1 aromatic heterocycles. The van der Waals surface area contributed by atoms with Crippen molar-refractivity contribution < 1.29 is 22.4 Å². The largest absolute Gasteiger partial charge is 0.461 e. The monoisotopic (exact) mass is 492 g/mol. The number of nitrogens with zero attached hydrogens (tertiary/aromatic N) is 2. The van der Waals surface area contributed by atoms with Gasteiger partial charge in [-0.3, -0.25) is 4.79 Å². The van der Waals surface area contributed by atoms with Gasteiger partial charge in [0.15, 0.2) is 5.84 Å². The summed E-state index contributed by atoms with van der Waals surface area (Å²) in [5.74, 6) is -0.400. The zero-order chi connectivity index (χ0) is 24.2. The van der Waals surface area contributed by atoms with Crippen LogP contribution in [0.25, 0.3) is 11.0 Å². The highest BCUT2D eigenvalue weighted by molar-refractivity contribution is 7.90. The molecule has 0 spiro atoms. The molecule has 0 amide bonds. The smallest absolute Gasteiger partial charge is 0.336 e. The molecule has 0 bridgehead atoms. The molecule has 2 aromatic carbocycles. The highest BCUT2D eigenvalue weighted by Crippen LogP contribution is 2.31. The molecule has 1 aliphatic carbocycles. The maximum atomic E-state index is 13.0. The van der Waals surface area contributed by atoms with E-state index in [4.69, 9.17) is 9.15 Å². The van der Waals surface area contributed by atoms with Crippen LogP contribution in [0, 0.1) is 5.92 Å². The number of piperidine rings is 1. The number of rotatable bonds is 3. The number of aryl methyl sites for hydroxylation is 2. The van der Waals surface area contributed by atoms with Gasteiger partial charge in [-0.05, 0) is 67.5 Å². The van der Waals surface area contributed by atoms with Crippen LogP contribution in [-0.2, 0) is 39.0 Å². The summed E-state index contributed by atoms with van der Waals surface area (Å²) < 4.78 is 40.0. The lowest BCUT2D eigenvalue weighted by molar-refractivity contribution is -0.151. The predicted molar refractivity (Wildman–Crippen MR) is 129 cm³/mol. The summed E-state index contributed by atoms with van der Waals surface area (Å²) in [7, 11) is -3.73. The van der Waals surface area contributed by atoms with E-state index >= 15 is 0 Å². The highest BCUT2D eigenvalue weighted by Gasteiger charge is 2.35. The summed E-state index contributed by atoms with van der Waals surface area (Å²) in [6, 6.07) is 12.1. The fourth-order valence-corrected chi connectivity index (χ4v) is 6.59. The summed E-state index contributed by atoms with van der Waals surface area (Å²) in [4.78, 5) is 27.2. The lowest BCUT2D eigenvalue weighted by Crippen LogP contribution is -2.42. The minimum atomic E-state index is -3.73. The molecule has 1 fully saturated rings. The molecule has 0 radical (unpaired) electrons. The number of fused-ring (bicyclic) bond motifs is 3. The Morgan fingerprint density at radius 3 is 2.77 bits per heavy atom. The number of likely N-dealkylation sites (tertiary alicyclic amines) is 1. The zero-order valence-electron chi connectivity index (χ0n) is 19.0. The second kappa shape index (κ2) is 8.34. The molecule has 1 unspecified atom stereocenters. The Labute approximate surface area is 202 Å². The molecular weight excluding hydrogens is 468 g/mol. The third-order valence-electron chi connectivity index (χ3n) is 7.08. The summed E-state index contributed by atoms with van der Waals surface area (Å²) in [5, 5.41) is 0.797. The number of hydrogen-bond donors (Lipinski definition) is 0. The maximum Gasteiger partial charge on any atom is 0.336 e. The van der Waals surface area contributed by atoms with Gasteiger partial charge in [0.2, 0.25) is 0 Å². The van der Waals surface area contributed by atoms with Gasteiger partial charge in [-0.25, -0.2) is 4.79 Å². The summed E-state index contributed by atoms with van der Waals surface area (Å²) in [6.45, 7) is 0.920. The van der Waals surface area contributed by atoms with Gasteiger partial charge in [0, 0.05) is 35.7 Å². The van der Waals surface area contributed by atoms with E-state index in [0.717, 1.165) is 24.6 Å². The fourth-order valence-electron chi connectivity index (χ4n) is 5.36. The van der Waals surface area contributed by atoms with Crippen LogP contribution < -0.4 is 5.63 Å². The second-order valence-electron chi connectivity index (χ2n) is 9.34. The first-order valence-electron chi connectivity index (χ1n) is 11.8. The number of carbonyl (C=O) groups excluding carboxylic acids is 1. The van der Waals surface area contributed by atoms with E-state index in [1.807, 2.05) is 17.0 Å². The molecule has 9 heteroatoms. The Kier molecular flexibility index (Phi) is 5.25. The number of hydrogen-bond acceptors (Lipinski definition) is 7. The second-order valence-corrected chi connectivity index (χ2v) is 10.9. The number of esters is 1. The minimum Gasteiger partial charge on any atom is -0.461 e. The molecule has 0 saturated carbocycles. The lowest BCUT2D eigenvalue weighted by atomic mass is 9.97. The SMILES string of the molecule is O=C(OCc1cc(=O)oc2cc3c(cc12)CCC3)C1CCCN(C2=NS(=O)(=O)c3ccccc32)C1. The number of ether oxygens (including phenoxy) is 1. The molecule has 6 rings (SSSR count). The van der Waals surface area contributed by atoms with Gasteiger partial charge in [0.1, 0.15) is 17.1 Å². The quantitative estimate of drug-likeness (QED) is 0.408. The molecule has 35 heavy (non-hydrogen) atoms. The van der Waals surface area contributed by atoms with Crippen molar-refractivity contribution in [1.29, 1.82) is 0 Å². The minimum absolute atomic E-state index is 0.0195. The molecule has 8 nitrogen and oxygen atoms in total. The number of benzene rings is 2. The van der Waals surface area contributed by atoms with Crippen molar-refractivity contribution in [2.24, 2.45) is 10.3 Å². The third kappa shape index (κ3) is 3.93. The van der Waals surface area contributed by atoms with Crippen LogP contribution in [0.15, 0.2) is 61.0 Å². The predicted octanol–water partition coefficient (Wildman–Crippen LogP) is 3.19. The van der Waals surface area contributed by atoms with Crippen molar-refractivity contribution in [3.05, 3.63) is 75.1 Å². The Bertz CT molecular complexity index is 1560. The molecule has 0 N–H and O–H groups in total. The van der Waals surface area contributed by atoms with Crippen molar-refractivity contribution in [2.45, 2.75) is 43.6 Å². The number of amidine groups is 1. The normalized spacial score (nSPS) is 20.4. The number of carbonyl (C=O) groups is 1.